The monoisotopic (exact) mass is 189 g/mol. The van der Waals surface area contributed by atoms with Gasteiger partial charge in [0.1, 0.15) is 0 Å². The highest BCUT2D eigenvalue weighted by Gasteiger charge is 2.23. The van der Waals surface area contributed by atoms with E-state index in [1.54, 1.807) is 12.1 Å². The first-order valence-corrected chi connectivity index (χ1v) is 4.35. The molecule has 1 radical (unpaired) electrons. The predicted octanol–water partition coefficient (Wildman–Crippen LogP) is 0.933. The summed E-state index contributed by atoms with van der Waals surface area (Å²) in [6.45, 7) is 0.422. The Hall–Kier alpha value is -1.84. The van der Waals surface area contributed by atoms with Crippen LogP contribution in [0.1, 0.15) is 6.42 Å². The Morgan fingerprint density at radius 2 is 2.21 bits per heavy atom. The van der Waals surface area contributed by atoms with Crippen molar-refractivity contribution < 1.29 is 9.59 Å². The van der Waals surface area contributed by atoms with Crippen LogP contribution in [0.25, 0.3) is 0 Å². The molecule has 14 heavy (non-hydrogen) atoms. The highest BCUT2D eigenvalue weighted by Crippen LogP contribution is 2.14. The van der Waals surface area contributed by atoms with Crippen LogP contribution < -0.4 is 10.2 Å². The number of benzene rings is 1. The minimum atomic E-state index is -0.372. The summed E-state index contributed by atoms with van der Waals surface area (Å²) in [7, 11) is 0. The fraction of sp³-hybridized carbons (Fsp3) is 0.200. The summed E-state index contributed by atoms with van der Waals surface area (Å²) in [5, 5.41) is 2.26. The molecule has 0 bridgehead atoms. The molecule has 1 aliphatic rings. The van der Waals surface area contributed by atoms with Crippen molar-refractivity contribution in [2.24, 2.45) is 0 Å². The van der Waals surface area contributed by atoms with Gasteiger partial charge < -0.3 is 0 Å². The smallest absolute Gasteiger partial charge is 0.293 e. The van der Waals surface area contributed by atoms with Crippen molar-refractivity contribution in [2.75, 3.05) is 11.4 Å². The van der Waals surface area contributed by atoms with Gasteiger partial charge in [-0.15, -0.1) is 0 Å². The van der Waals surface area contributed by atoms with Crippen LogP contribution in [-0.2, 0) is 4.79 Å². The first kappa shape index (κ1) is 8.74. The number of nitrogens with one attached hydrogen (secondary N) is 1. The lowest BCUT2D eigenvalue weighted by atomic mass is 10.2. The number of urea groups is 1. The zero-order chi connectivity index (χ0) is 9.97. The molecule has 3 amide bonds. The van der Waals surface area contributed by atoms with E-state index in [1.807, 2.05) is 12.1 Å². The van der Waals surface area contributed by atoms with Crippen molar-refractivity contribution in [1.82, 2.24) is 5.32 Å². The Morgan fingerprint density at radius 1 is 1.36 bits per heavy atom. The molecule has 1 saturated heterocycles. The van der Waals surface area contributed by atoms with Gasteiger partial charge in [0.2, 0.25) is 5.91 Å². The maximum atomic E-state index is 11.4. The number of anilines is 1. The van der Waals surface area contributed by atoms with Gasteiger partial charge >= 0.3 is 6.03 Å². The highest BCUT2D eigenvalue weighted by molar-refractivity contribution is 6.05. The van der Waals surface area contributed by atoms with Gasteiger partial charge in [0.25, 0.3) is 0 Å². The lowest BCUT2D eigenvalue weighted by Crippen LogP contribution is -2.49. The number of amides is 3. The molecule has 71 valence electrons. The van der Waals surface area contributed by atoms with Crippen LogP contribution >= 0.6 is 0 Å². The molecule has 4 heteroatoms. The van der Waals surface area contributed by atoms with E-state index in [9.17, 15) is 9.59 Å². The molecule has 0 aromatic heterocycles. The third-order valence-corrected chi connectivity index (χ3v) is 2.04. The van der Waals surface area contributed by atoms with Crippen molar-refractivity contribution in [3.8, 4) is 0 Å². The van der Waals surface area contributed by atoms with Gasteiger partial charge in [0, 0.05) is 19.0 Å². The predicted molar refractivity (Wildman–Crippen MR) is 50.8 cm³/mol. The minimum absolute atomic E-state index is 0.220. The zero-order valence-electron chi connectivity index (χ0n) is 7.49. The molecule has 2 rings (SSSR count). The Labute approximate surface area is 81.5 Å². The van der Waals surface area contributed by atoms with E-state index in [1.165, 1.54) is 4.90 Å². The van der Waals surface area contributed by atoms with Crippen LogP contribution in [0.3, 0.4) is 0 Å². The largest absolute Gasteiger partial charge is 0.328 e. The molecular weight excluding hydrogens is 180 g/mol. The molecule has 0 saturated carbocycles. The number of hydrogen-bond donors (Lipinski definition) is 1. The van der Waals surface area contributed by atoms with Crippen LogP contribution in [0.2, 0.25) is 0 Å². The third-order valence-electron chi connectivity index (χ3n) is 2.04. The summed E-state index contributed by atoms with van der Waals surface area (Å²) in [4.78, 5) is 23.8. The summed E-state index contributed by atoms with van der Waals surface area (Å²) >= 11 is 0. The minimum Gasteiger partial charge on any atom is -0.293 e. The average Bonchev–Trinajstić information content (AvgIpc) is 2.19. The van der Waals surface area contributed by atoms with E-state index in [-0.39, 0.29) is 11.9 Å². The van der Waals surface area contributed by atoms with Gasteiger partial charge in [-0.05, 0) is 6.07 Å². The van der Waals surface area contributed by atoms with Crippen molar-refractivity contribution in [3.05, 3.63) is 30.3 Å². The number of hydrogen-bond acceptors (Lipinski definition) is 2. The van der Waals surface area contributed by atoms with E-state index in [0.29, 0.717) is 18.7 Å². The number of rotatable bonds is 1. The summed E-state index contributed by atoms with van der Waals surface area (Å²) in [5.74, 6) is -0.220. The second-order valence-corrected chi connectivity index (χ2v) is 3.00. The van der Waals surface area contributed by atoms with E-state index in [0.717, 1.165) is 0 Å². The van der Waals surface area contributed by atoms with Gasteiger partial charge in [0.15, 0.2) is 0 Å². The third kappa shape index (κ3) is 1.59. The van der Waals surface area contributed by atoms with Crippen molar-refractivity contribution in [3.63, 3.8) is 0 Å². The molecule has 1 fully saturated rings. The molecule has 1 aromatic carbocycles. The summed E-state index contributed by atoms with van der Waals surface area (Å²) in [6.07, 6.45) is 0.342. The Balaban J connectivity index is 2.20. The molecular formula is C10H9N2O2. The van der Waals surface area contributed by atoms with E-state index < -0.39 is 0 Å². The highest BCUT2D eigenvalue weighted by atomic mass is 16.2. The van der Waals surface area contributed by atoms with Gasteiger partial charge in [-0.2, -0.15) is 0 Å². The summed E-state index contributed by atoms with van der Waals surface area (Å²) in [6, 6.07) is 9.75. The molecule has 1 N–H and O–H groups in total. The zero-order valence-corrected chi connectivity index (χ0v) is 7.49. The Bertz CT molecular complexity index is 362. The molecule has 1 heterocycles. The van der Waals surface area contributed by atoms with Crippen LogP contribution in [0.4, 0.5) is 10.5 Å². The van der Waals surface area contributed by atoms with Crippen LogP contribution in [0.5, 0.6) is 0 Å². The van der Waals surface area contributed by atoms with Crippen molar-refractivity contribution in [2.45, 2.75) is 6.42 Å². The van der Waals surface area contributed by atoms with Crippen molar-refractivity contribution >= 4 is 17.6 Å². The number of carbonyl (C=O) groups is 2. The molecule has 0 unspecified atom stereocenters. The lowest BCUT2D eigenvalue weighted by molar-refractivity contribution is -0.120. The normalized spacial score (nSPS) is 16.7. The maximum Gasteiger partial charge on any atom is 0.328 e. The Morgan fingerprint density at radius 3 is 2.86 bits per heavy atom. The van der Waals surface area contributed by atoms with Gasteiger partial charge in [-0.1, -0.05) is 18.2 Å². The molecule has 0 aliphatic carbocycles. The molecule has 0 spiro atoms. The summed E-state index contributed by atoms with van der Waals surface area (Å²) in [5.41, 5.74) is 0.692. The van der Waals surface area contributed by atoms with E-state index in [2.05, 4.69) is 11.4 Å². The van der Waals surface area contributed by atoms with Gasteiger partial charge in [-0.25, -0.2) is 4.79 Å². The number of imide groups is 1. The fourth-order valence-electron chi connectivity index (χ4n) is 1.35. The number of nitrogens with zero attached hydrogens (tertiary/aromatic N) is 1. The van der Waals surface area contributed by atoms with Crippen LogP contribution in [-0.4, -0.2) is 18.5 Å². The summed E-state index contributed by atoms with van der Waals surface area (Å²) < 4.78 is 0. The average molecular weight is 189 g/mol. The molecule has 0 atom stereocenters. The number of para-hydroxylation sites is 1. The first-order chi connectivity index (χ1) is 6.77. The quantitative estimate of drug-likeness (QED) is 0.714. The molecule has 4 nitrogen and oxygen atoms in total. The van der Waals surface area contributed by atoms with Crippen LogP contribution in [0, 0.1) is 6.07 Å². The topological polar surface area (TPSA) is 49.4 Å². The maximum absolute atomic E-state index is 11.4. The SMILES string of the molecule is O=C1CCN(c2[c]cccc2)C(=O)N1. The van der Waals surface area contributed by atoms with Crippen LogP contribution in [0.15, 0.2) is 24.3 Å². The second kappa shape index (κ2) is 3.49. The number of carbonyl (C=O) groups excluding carboxylic acids is 2. The van der Waals surface area contributed by atoms with E-state index >= 15 is 0 Å². The van der Waals surface area contributed by atoms with E-state index in [4.69, 9.17) is 0 Å². The standard InChI is InChI=1S/C10H9N2O2/c13-9-6-7-12(10(14)11-9)8-4-2-1-3-5-8/h1-4H,6-7H2,(H,11,13,14). The Kier molecular flexibility index (Phi) is 2.18. The lowest BCUT2D eigenvalue weighted by Gasteiger charge is -2.26. The van der Waals surface area contributed by atoms with Gasteiger partial charge in [0.05, 0.1) is 5.69 Å². The first-order valence-electron chi connectivity index (χ1n) is 4.35. The fourth-order valence-corrected chi connectivity index (χ4v) is 1.35. The van der Waals surface area contributed by atoms with Gasteiger partial charge in [-0.3, -0.25) is 15.0 Å². The molecule has 1 aromatic rings. The van der Waals surface area contributed by atoms with Crippen molar-refractivity contribution in [1.29, 1.82) is 0 Å². The second-order valence-electron chi connectivity index (χ2n) is 3.00. The molecule has 1 aliphatic heterocycles.